The van der Waals surface area contributed by atoms with Crippen molar-refractivity contribution >= 4 is 0 Å². The molecule has 1 heterocycles. The molecule has 2 heteroatoms. The van der Waals surface area contributed by atoms with Crippen LogP contribution in [0.15, 0.2) is 24.3 Å². The van der Waals surface area contributed by atoms with Crippen LogP contribution in [0, 0.1) is 5.92 Å². The van der Waals surface area contributed by atoms with Gasteiger partial charge in [-0.1, -0.05) is 70.7 Å². The van der Waals surface area contributed by atoms with Gasteiger partial charge in [-0.05, 0) is 55.3 Å². The molecule has 140 valence electrons. The normalized spacial score (nSPS) is 29.4. The first kappa shape index (κ1) is 18.9. The Bertz CT molecular complexity index is 536. The summed E-state index contributed by atoms with van der Waals surface area (Å²) in [5.74, 6) is 0.375. The van der Waals surface area contributed by atoms with E-state index in [4.69, 9.17) is 0 Å². The molecular weight excluding hydrogens is 306 g/mol. The first-order valence-electron chi connectivity index (χ1n) is 10.5. The molecule has 1 aliphatic heterocycles. The van der Waals surface area contributed by atoms with E-state index < -0.39 is 5.60 Å². The summed E-state index contributed by atoms with van der Waals surface area (Å²) in [7, 11) is 0. The van der Waals surface area contributed by atoms with Crippen molar-refractivity contribution in [2.75, 3.05) is 19.6 Å². The highest BCUT2D eigenvalue weighted by Gasteiger charge is 2.41. The molecule has 0 spiro atoms. The predicted molar refractivity (Wildman–Crippen MR) is 106 cm³/mol. The summed E-state index contributed by atoms with van der Waals surface area (Å²) in [4.78, 5) is 2.62. The maximum absolute atomic E-state index is 11.7. The largest absolute Gasteiger partial charge is 0.385 e. The lowest BCUT2D eigenvalue weighted by atomic mass is 9.70. The van der Waals surface area contributed by atoms with Crippen LogP contribution in [0.25, 0.3) is 0 Å². The van der Waals surface area contributed by atoms with Gasteiger partial charge in [0.25, 0.3) is 0 Å². The number of hydrogen-bond acceptors (Lipinski definition) is 2. The molecule has 25 heavy (non-hydrogen) atoms. The van der Waals surface area contributed by atoms with E-state index in [2.05, 4.69) is 49.9 Å². The molecule has 0 radical (unpaired) electrons. The lowest BCUT2D eigenvalue weighted by Gasteiger charge is -2.43. The molecule has 2 nitrogen and oxygen atoms in total. The lowest BCUT2D eigenvalue weighted by molar-refractivity contribution is -0.0654. The van der Waals surface area contributed by atoms with Gasteiger partial charge in [0.1, 0.15) is 0 Å². The van der Waals surface area contributed by atoms with Crippen molar-refractivity contribution in [3.8, 4) is 0 Å². The van der Waals surface area contributed by atoms with Crippen LogP contribution in [0.2, 0.25) is 0 Å². The highest BCUT2D eigenvalue weighted by atomic mass is 16.3. The van der Waals surface area contributed by atoms with Crippen molar-refractivity contribution in [1.29, 1.82) is 0 Å². The van der Waals surface area contributed by atoms with Crippen LogP contribution < -0.4 is 0 Å². The molecule has 1 aliphatic carbocycles. The van der Waals surface area contributed by atoms with Crippen LogP contribution in [0.4, 0.5) is 0 Å². The van der Waals surface area contributed by atoms with Crippen molar-refractivity contribution < 1.29 is 5.11 Å². The molecular formula is C23H37NO. The lowest BCUT2D eigenvalue weighted by Crippen LogP contribution is -2.44. The van der Waals surface area contributed by atoms with Crippen molar-refractivity contribution in [3.63, 3.8) is 0 Å². The Kier molecular flexibility index (Phi) is 5.90. The second-order valence-electron chi connectivity index (χ2n) is 9.41. The van der Waals surface area contributed by atoms with E-state index >= 15 is 0 Å². The average molecular weight is 344 g/mol. The fraction of sp³-hybridized carbons (Fsp3) is 0.739. The van der Waals surface area contributed by atoms with Crippen LogP contribution in [0.5, 0.6) is 0 Å². The van der Waals surface area contributed by atoms with E-state index in [-0.39, 0.29) is 5.41 Å². The maximum Gasteiger partial charge on any atom is 0.0936 e. The van der Waals surface area contributed by atoms with E-state index in [1.807, 2.05) is 0 Å². The molecule has 2 unspecified atom stereocenters. The van der Waals surface area contributed by atoms with Gasteiger partial charge in [-0.3, -0.25) is 0 Å². The summed E-state index contributed by atoms with van der Waals surface area (Å²) >= 11 is 0. The van der Waals surface area contributed by atoms with Crippen LogP contribution in [-0.2, 0) is 11.0 Å². The third-order valence-corrected chi connectivity index (χ3v) is 6.46. The molecule has 0 aromatic heterocycles. The molecule has 2 fully saturated rings. The van der Waals surface area contributed by atoms with Crippen LogP contribution in [-0.4, -0.2) is 29.6 Å². The molecule has 0 amide bonds. The van der Waals surface area contributed by atoms with Crippen molar-refractivity contribution in [2.45, 2.75) is 83.2 Å². The molecule has 1 aromatic carbocycles. The zero-order chi connectivity index (χ0) is 17.9. The SMILES string of the molecule is CC(C)(C)c1ccc(C2(O)CCCCC2CN2CCCCCC2)cc1. The number of hydrogen-bond donors (Lipinski definition) is 1. The standard InChI is InChI=1S/C23H37NO/c1-22(2,3)19-11-13-20(14-12-19)23(25)15-7-6-10-21(23)18-24-16-8-4-5-9-17-24/h11-14,21,25H,4-10,15-18H2,1-3H3. The van der Waals surface area contributed by atoms with Gasteiger partial charge in [-0.15, -0.1) is 0 Å². The second kappa shape index (κ2) is 7.80. The van der Waals surface area contributed by atoms with Gasteiger partial charge in [0.05, 0.1) is 5.60 Å². The number of likely N-dealkylation sites (tertiary alicyclic amines) is 1. The summed E-state index contributed by atoms with van der Waals surface area (Å²) in [5, 5.41) is 11.7. The van der Waals surface area contributed by atoms with Gasteiger partial charge >= 0.3 is 0 Å². The molecule has 1 saturated heterocycles. The maximum atomic E-state index is 11.7. The minimum atomic E-state index is -0.638. The van der Waals surface area contributed by atoms with Gasteiger partial charge in [-0.25, -0.2) is 0 Å². The number of aliphatic hydroxyl groups is 1. The van der Waals surface area contributed by atoms with Gasteiger partial charge in [0, 0.05) is 12.5 Å². The Morgan fingerprint density at radius 2 is 1.60 bits per heavy atom. The molecule has 1 aromatic rings. The van der Waals surface area contributed by atoms with E-state index in [9.17, 15) is 5.11 Å². The van der Waals surface area contributed by atoms with Gasteiger partial charge < -0.3 is 10.0 Å². The molecule has 0 bridgehead atoms. The van der Waals surface area contributed by atoms with E-state index in [1.54, 1.807) is 0 Å². The zero-order valence-corrected chi connectivity index (χ0v) is 16.6. The van der Waals surface area contributed by atoms with Crippen LogP contribution in [0.3, 0.4) is 0 Å². The third kappa shape index (κ3) is 4.46. The summed E-state index contributed by atoms with van der Waals surface area (Å²) in [6.07, 6.45) is 9.89. The van der Waals surface area contributed by atoms with Crippen LogP contribution >= 0.6 is 0 Å². The van der Waals surface area contributed by atoms with Crippen molar-refractivity contribution in [3.05, 3.63) is 35.4 Å². The number of benzene rings is 1. The third-order valence-electron chi connectivity index (χ3n) is 6.46. The molecule has 1 N–H and O–H groups in total. The molecule has 1 saturated carbocycles. The van der Waals surface area contributed by atoms with Gasteiger partial charge in [0.15, 0.2) is 0 Å². The van der Waals surface area contributed by atoms with E-state index in [0.29, 0.717) is 5.92 Å². The average Bonchev–Trinajstić information content (AvgIpc) is 2.85. The van der Waals surface area contributed by atoms with Crippen molar-refractivity contribution in [1.82, 2.24) is 4.90 Å². The van der Waals surface area contributed by atoms with E-state index in [1.165, 1.54) is 50.8 Å². The first-order chi connectivity index (χ1) is 11.9. The fourth-order valence-corrected chi connectivity index (χ4v) is 4.74. The predicted octanol–water partition coefficient (Wildman–Crippen LogP) is 5.24. The first-order valence-corrected chi connectivity index (χ1v) is 10.5. The Labute approximate surface area is 154 Å². The summed E-state index contributed by atoms with van der Waals surface area (Å²) in [6, 6.07) is 8.85. The topological polar surface area (TPSA) is 23.5 Å². The molecule has 2 aliphatic rings. The fourth-order valence-electron chi connectivity index (χ4n) is 4.74. The van der Waals surface area contributed by atoms with Gasteiger partial charge in [0.2, 0.25) is 0 Å². The Hall–Kier alpha value is -0.860. The van der Waals surface area contributed by atoms with Crippen LogP contribution in [0.1, 0.15) is 83.3 Å². The number of nitrogens with zero attached hydrogens (tertiary/aromatic N) is 1. The van der Waals surface area contributed by atoms with Crippen molar-refractivity contribution in [2.24, 2.45) is 5.92 Å². The number of rotatable bonds is 3. The summed E-state index contributed by atoms with van der Waals surface area (Å²) in [5.41, 5.74) is 2.01. The summed E-state index contributed by atoms with van der Waals surface area (Å²) < 4.78 is 0. The minimum absolute atomic E-state index is 0.166. The zero-order valence-electron chi connectivity index (χ0n) is 16.6. The smallest absolute Gasteiger partial charge is 0.0936 e. The summed E-state index contributed by atoms with van der Waals surface area (Å²) in [6.45, 7) is 10.3. The second-order valence-corrected chi connectivity index (χ2v) is 9.41. The Morgan fingerprint density at radius 3 is 2.20 bits per heavy atom. The van der Waals surface area contributed by atoms with E-state index in [0.717, 1.165) is 31.4 Å². The monoisotopic (exact) mass is 343 g/mol. The molecule has 2 atom stereocenters. The Balaban J connectivity index is 1.78. The quantitative estimate of drug-likeness (QED) is 0.811. The van der Waals surface area contributed by atoms with Gasteiger partial charge in [-0.2, -0.15) is 0 Å². The highest BCUT2D eigenvalue weighted by Crippen LogP contribution is 2.42. The highest BCUT2D eigenvalue weighted by molar-refractivity contribution is 5.31. The minimum Gasteiger partial charge on any atom is -0.385 e. The Morgan fingerprint density at radius 1 is 0.960 bits per heavy atom. The molecule has 3 rings (SSSR count).